The van der Waals surface area contributed by atoms with Crippen LogP contribution in [0.15, 0.2) is 48.5 Å². The zero-order valence-electron chi connectivity index (χ0n) is 23.1. The number of amides is 2. The van der Waals surface area contributed by atoms with Gasteiger partial charge in [0.25, 0.3) is 5.91 Å². The van der Waals surface area contributed by atoms with Gasteiger partial charge in [0.05, 0.1) is 0 Å². The van der Waals surface area contributed by atoms with Crippen molar-refractivity contribution in [3.8, 4) is 11.5 Å². The Hall–Kier alpha value is -3.59. The first-order chi connectivity index (χ1) is 18.8. The first kappa shape index (κ1) is 30.0. The molecule has 3 atom stereocenters. The lowest BCUT2D eigenvalue weighted by atomic mass is 10.0. The Kier molecular flexibility index (Phi) is 11.6. The van der Waals surface area contributed by atoms with Crippen LogP contribution in [-0.4, -0.2) is 60.8 Å². The maximum Gasteiger partial charge on any atom is 0.324 e. The molecule has 1 heterocycles. The third-order valence-corrected chi connectivity index (χ3v) is 6.62. The van der Waals surface area contributed by atoms with E-state index in [0.717, 1.165) is 29.7 Å². The predicted molar refractivity (Wildman–Crippen MR) is 148 cm³/mol. The van der Waals surface area contributed by atoms with Crippen LogP contribution in [0, 0.1) is 5.92 Å². The summed E-state index contributed by atoms with van der Waals surface area (Å²) in [6.45, 7) is 6.70. The van der Waals surface area contributed by atoms with E-state index in [4.69, 9.17) is 9.47 Å². The summed E-state index contributed by atoms with van der Waals surface area (Å²) in [7, 11) is 0. The van der Waals surface area contributed by atoms with Crippen molar-refractivity contribution in [2.45, 2.75) is 71.1 Å². The molecule has 9 heteroatoms. The summed E-state index contributed by atoms with van der Waals surface area (Å²) in [5.41, 5.74) is 1.85. The number of hydrogen-bond donors (Lipinski definition) is 4. The number of nitrogens with one attached hydrogen (secondary N) is 3. The van der Waals surface area contributed by atoms with Gasteiger partial charge in [0.15, 0.2) is 6.10 Å². The second kappa shape index (κ2) is 15.1. The number of carbonyl (C=O) groups excluding carboxylic acids is 3. The molecule has 0 radical (unpaired) electrons. The summed E-state index contributed by atoms with van der Waals surface area (Å²) in [4.78, 5) is 39.5. The molecule has 0 unspecified atom stereocenters. The highest BCUT2D eigenvalue weighted by atomic mass is 16.6. The van der Waals surface area contributed by atoms with Crippen molar-refractivity contribution < 1.29 is 29.0 Å². The fraction of sp³-hybridized carbons (Fsp3) is 0.500. The Morgan fingerprint density at radius 2 is 1.72 bits per heavy atom. The Labute approximate surface area is 230 Å². The lowest BCUT2D eigenvalue weighted by Crippen LogP contribution is -2.53. The number of carbonyl (C=O) groups is 3. The second-order valence-corrected chi connectivity index (χ2v) is 10.2. The number of aryl methyl sites for hydroxylation is 1. The maximum absolute atomic E-state index is 13.4. The summed E-state index contributed by atoms with van der Waals surface area (Å²) >= 11 is 0. The van der Waals surface area contributed by atoms with Gasteiger partial charge in [0.1, 0.15) is 30.2 Å². The van der Waals surface area contributed by atoms with Gasteiger partial charge in [0, 0.05) is 13.1 Å². The quantitative estimate of drug-likeness (QED) is 0.431. The Morgan fingerprint density at radius 3 is 2.44 bits per heavy atom. The molecule has 0 saturated carbocycles. The second-order valence-electron chi connectivity index (χ2n) is 10.2. The molecule has 212 valence electrons. The minimum absolute atomic E-state index is 0.133. The number of ether oxygens (including phenoxy) is 2. The number of benzene rings is 2. The van der Waals surface area contributed by atoms with Crippen LogP contribution in [0.4, 0.5) is 0 Å². The van der Waals surface area contributed by atoms with E-state index >= 15 is 0 Å². The molecule has 1 aliphatic heterocycles. The molecule has 9 nitrogen and oxygen atoms in total. The number of esters is 1. The molecule has 0 aromatic heterocycles. The van der Waals surface area contributed by atoms with Crippen LogP contribution in [0.1, 0.15) is 51.2 Å². The van der Waals surface area contributed by atoms with E-state index in [2.05, 4.69) is 16.0 Å². The monoisotopic (exact) mass is 539 g/mol. The van der Waals surface area contributed by atoms with Gasteiger partial charge in [-0.05, 0) is 60.9 Å². The number of phenolic OH excluding ortho intramolecular Hbond substituents is 1. The molecule has 0 bridgehead atoms. The molecule has 3 rings (SSSR count). The smallest absolute Gasteiger partial charge is 0.324 e. The standard InChI is InChI=1S/C30H41N3O6/c1-4-8-24-28(35)32-16-7-10-22-9-5-6-11-26(22)38-18-17-31-25(19-21-12-14-23(34)15-13-21)30(37)39-27(20(2)3)29(36)33-24/h5-6,9,11-15,20,24-25,27,31,34H,4,7-8,10,16-19H2,1-3H3,(H,32,35)(H,33,36)/t24-,25+,27+/m0/s1. The summed E-state index contributed by atoms with van der Waals surface area (Å²) in [5.74, 6) is -0.729. The van der Waals surface area contributed by atoms with Crippen LogP contribution < -0.4 is 20.7 Å². The third-order valence-electron chi connectivity index (χ3n) is 6.62. The molecule has 2 amide bonds. The first-order valence-corrected chi connectivity index (χ1v) is 13.8. The molecule has 0 spiro atoms. The van der Waals surface area contributed by atoms with Crippen LogP contribution in [0.25, 0.3) is 0 Å². The minimum atomic E-state index is -1.06. The lowest BCUT2D eigenvalue weighted by Gasteiger charge is -2.27. The highest BCUT2D eigenvalue weighted by molar-refractivity contribution is 5.90. The molecule has 2 aromatic carbocycles. The number of aromatic hydroxyl groups is 1. The molecule has 39 heavy (non-hydrogen) atoms. The van der Waals surface area contributed by atoms with E-state index in [-0.39, 0.29) is 17.6 Å². The van der Waals surface area contributed by atoms with Crippen molar-refractivity contribution in [1.29, 1.82) is 0 Å². The van der Waals surface area contributed by atoms with Gasteiger partial charge in [0.2, 0.25) is 5.91 Å². The fourth-order valence-corrected chi connectivity index (χ4v) is 4.48. The molecule has 4 N–H and O–H groups in total. The van der Waals surface area contributed by atoms with E-state index in [1.54, 1.807) is 38.1 Å². The van der Waals surface area contributed by atoms with Crippen molar-refractivity contribution in [2.75, 3.05) is 19.7 Å². The first-order valence-electron chi connectivity index (χ1n) is 13.8. The molecule has 0 aliphatic carbocycles. The maximum atomic E-state index is 13.4. The van der Waals surface area contributed by atoms with Gasteiger partial charge in [-0.1, -0.05) is 57.5 Å². The summed E-state index contributed by atoms with van der Waals surface area (Å²) in [6, 6.07) is 12.9. The Bertz CT molecular complexity index is 1090. The third kappa shape index (κ3) is 9.28. The predicted octanol–water partition coefficient (Wildman–Crippen LogP) is 2.89. The van der Waals surface area contributed by atoms with Crippen molar-refractivity contribution in [3.05, 3.63) is 59.7 Å². The number of cyclic esters (lactones) is 1. The van der Waals surface area contributed by atoms with Crippen LogP contribution in [0.3, 0.4) is 0 Å². The van der Waals surface area contributed by atoms with Gasteiger partial charge in [-0.25, -0.2) is 0 Å². The largest absolute Gasteiger partial charge is 0.508 e. The van der Waals surface area contributed by atoms with E-state index in [1.165, 1.54) is 0 Å². The topological polar surface area (TPSA) is 126 Å². The van der Waals surface area contributed by atoms with E-state index < -0.39 is 30.1 Å². The minimum Gasteiger partial charge on any atom is -0.508 e. The van der Waals surface area contributed by atoms with Crippen LogP contribution in [0.2, 0.25) is 0 Å². The van der Waals surface area contributed by atoms with Crippen LogP contribution in [-0.2, 0) is 32.0 Å². The van der Waals surface area contributed by atoms with E-state index in [9.17, 15) is 19.5 Å². The number of phenols is 1. The van der Waals surface area contributed by atoms with Crippen molar-refractivity contribution in [1.82, 2.24) is 16.0 Å². The highest BCUT2D eigenvalue weighted by Gasteiger charge is 2.32. The number of para-hydroxylation sites is 1. The summed E-state index contributed by atoms with van der Waals surface area (Å²) < 4.78 is 11.8. The van der Waals surface area contributed by atoms with Gasteiger partial charge in [-0.3, -0.25) is 14.4 Å². The molecule has 1 aliphatic rings. The van der Waals surface area contributed by atoms with Crippen LogP contribution >= 0.6 is 0 Å². The highest BCUT2D eigenvalue weighted by Crippen LogP contribution is 2.20. The van der Waals surface area contributed by atoms with Gasteiger partial charge < -0.3 is 30.5 Å². The zero-order chi connectivity index (χ0) is 28.2. The number of hydrogen-bond acceptors (Lipinski definition) is 7. The fourth-order valence-electron chi connectivity index (χ4n) is 4.48. The average molecular weight is 540 g/mol. The van der Waals surface area contributed by atoms with Crippen molar-refractivity contribution in [2.24, 2.45) is 5.92 Å². The van der Waals surface area contributed by atoms with E-state index in [1.807, 2.05) is 31.2 Å². The summed E-state index contributed by atoms with van der Waals surface area (Å²) in [5, 5.41) is 18.6. The number of fused-ring (bicyclic) bond motifs is 1. The molecule has 2 aromatic rings. The average Bonchev–Trinajstić information content (AvgIpc) is 2.91. The normalized spacial score (nSPS) is 21.9. The Morgan fingerprint density at radius 1 is 0.974 bits per heavy atom. The molecule has 0 saturated heterocycles. The van der Waals surface area contributed by atoms with Crippen molar-refractivity contribution in [3.63, 3.8) is 0 Å². The number of rotatable bonds is 5. The SMILES string of the molecule is CCC[C@@H]1NC(=O)[C@@H](C(C)C)OC(=O)[C@@H](Cc2ccc(O)cc2)NCCOc2ccccc2CCCNC1=O. The van der Waals surface area contributed by atoms with E-state index in [0.29, 0.717) is 39.0 Å². The van der Waals surface area contributed by atoms with Crippen LogP contribution in [0.5, 0.6) is 11.5 Å². The van der Waals surface area contributed by atoms with Gasteiger partial charge >= 0.3 is 5.97 Å². The Balaban J connectivity index is 1.85. The molecule has 0 fully saturated rings. The molecular weight excluding hydrogens is 498 g/mol. The zero-order valence-corrected chi connectivity index (χ0v) is 23.1. The van der Waals surface area contributed by atoms with Gasteiger partial charge in [-0.15, -0.1) is 0 Å². The van der Waals surface area contributed by atoms with Gasteiger partial charge in [-0.2, -0.15) is 0 Å². The van der Waals surface area contributed by atoms with Crippen molar-refractivity contribution >= 4 is 17.8 Å². The molecular formula is C30H41N3O6. The summed E-state index contributed by atoms with van der Waals surface area (Å²) in [6.07, 6.45) is 1.85. The lowest BCUT2D eigenvalue weighted by molar-refractivity contribution is -0.161.